The third kappa shape index (κ3) is 3.93. The summed E-state index contributed by atoms with van der Waals surface area (Å²) in [4.78, 5) is 6.88. The highest BCUT2D eigenvalue weighted by Crippen LogP contribution is 2.22. The highest BCUT2D eigenvalue weighted by atomic mass is 16.5. The number of piperidine rings is 1. The van der Waals surface area contributed by atoms with E-state index >= 15 is 0 Å². The number of rotatable bonds is 6. The molecule has 1 saturated heterocycles. The van der Waals surface area contributed by atoms with E-state index in [1.165, 1.54) is 18.5 Å². The molecule has 4 heteroatoms. The molecule has 2 atom stereocenters. The predicted molar refractivity (Wildman–Crippen MR) is 82.9 cm³/mol. The van der Waals surface area contributed by atoms with Gasteiger partial charge in [-0.05, 0) is 37.8 Å². The average molecular weight is 277 g/mol. The second kappa shape index (κ2) is 7.60. The highest BCUT2D eigenvalue weighted by molar-refractivity contribution is 5.45. The van der Waals surface area contributed by atoms with Gasteiger partial charge in [0.15, 0.2) is 0 Å². The van der Waals surface area contributed by atoms with Crippen molar-refractivity contribution >= 4 is 5.69 Å². The zero-order valence-corrected chi connectivity index (χ0v) is 12.7. The molecule has 0 spiro atoms. The van der Waals surface area contributed by atoms with E-state index in [0.717, 1.165) is 38.2 Å². The number of ether oxygens (including phenoxy) is 1. The van der Waals surface area contributed by atoms with E-state index < -0.39 is 0 Å². The van der Waals surface area contributed by atoms with Crippen molar-refractivity contribution in [3.8, 4) is 0 Å². The van der Waals surface area contributed by atoms with Crippen LogP contribution in [-0.2, 0) is 4.74 Å². The van der Waals surface area contributed by atoms with Crippen molar-refractivity contribution < 1.29 is 4.74 Å². The molecule has 1 aromatic rings. The summed E-state index contributed by atoms with van der Waals surface area (Å²) in [5.41, 5.74) is 8.16. The van der Waals surface area contributed by atoms with E-state index in [1.54, 1.807) is 0 Å². The number of pyridine rings is 1. The molecular weight excluding hydrogens is 250 g/mol. The van der Waals surface area contributed by atoms with Gasteiger partial charge in [-0.15, -0.1) is 0 Å². The smallest absolute Gasteiger partial charge is 0.0750 e. The Hall–Kier alpha value is -1.13. The molecule has 1 aromatic heterocycles. The summed E-state index contributed by atoms with van der Waals surface area (Å²) in [5, 5.41) is 0. The van der Waals surface area contributed by atoms with Gasteiger partial charge >= 0.3 is 0 Å². The minimum atomic E-state index is 0.0473. The van der Waals surface area contributed by atoms with Gasteiger partial charge in [-0.1, -0.05) is 13.8 Å². The summed E-state index contributed by atoms with van der Waals surface area (Å²) in [6.45, 7) is 7.16. The fraction of sp³-hybridized carbons (Fsp3) is 0.688. The fourth-order valence-electron chi connectivity index (χ4n) is 2.61. The van der Waals surface area contributed by atoms with Gasteiger partial charge in [0, 0.05) is 25.7 Å². The van der Waals surface area contributed by atoms with Crippen LogP contribution in [0.3, 0.4) is 0 Å². The van der Waals surface area contributed by atoms with E-state index in [0.29, 0.717) is 6.10 Å². The Morgan fingerprint density at radius 2 is 2.30 bits per heavy atom. The molecular formula is C16H27N3O. The molecule has 2 heterocycles. The zero-order valence-electron chi connectivity index (χ0n) is 12.7. The molecule has 1 fully saturated rings. The average Bonchev–Trinajstić information content (AvgIpc) is 2.52. The van der Waals surface area contributed by atoms with E-state index in [1.807, 2.05) is 6.20 Å². The number of aromatic nitrogens is 1. The summed E-state index contributed by atoms with van der Waals surface area (Å²) < 4.78 is 5.88. The lowest BCUT2D eigenvalue weighted by molar-refractivity contribution is 0.0440. The van der Waals surface area contributed by atoms with Crippen LogP contribution >= 0.6 is 0 Å². The maximum absolute atomic E-state index is 6.00. The van der Waals surface area contributed by atoms with Crippen molar-refractivity contribution in [2.45, 2.75) is 51.7 Å². The molecule has 1 unspecified atom stereocenters. The molecule has 0 saturated carbocycles. The van der Waals surface area contributed by atoms with Crippen LogP contribution in [0.15, 0.2) is 18.3 Å². The molecule has 0 aromatic carbocycles. The monoisotopic (exact) mass is 277 g/mol. The van der Waals surface area contributed by atoms with Crippen LogP contribution in [-0.4, -0.2) is 30.8 Å². The first kappa shape index (κ1) is 15.3. The van der Waals surface area contributed by atoms with Gasteiger partial charge < -0.3 is 15.4 Å². The molecule has 2 N–H and O–H groups in total. The van der Waals surface area contributed by atoms with Crippen molar-refractivity contribution in [1.29, 1.82) is 0 Å². The first-order chi connectivity index (χ1) is 9.74. The second-order valence-corrected chi connectivity index (χ2v) is 5.54. The van der Waals surface area contributed by atoms with Crippen LogP contribution in [0.5, 0.6) is 0 Å². The molecule has 4 nitrogen and oxygen atoms in total. The minimum absolute atomic E-state index is 0.0473. The molecule has 0 bridgehead atoms. The van der Waals surface area contributed by atoms with E-state index in [2.05, 4.69) is 35.9 Å². The number of hydrogen-bond donors (Lipinski definition) is 1. The minimum Gasteiger partial charge on any atom is -0.376 e. The number of nitrogens with two attached hydrogens (primary N) is 1. The second-order valence-electron chi connectivity index (χ2n) is 5.54. The van der Waals surface area contributed by atoms with E-state index in [-0.39, 0.29) is 6.04 Å². The van der Waals surface area contributed by atoms with Crippen molar-refractivity contribution in [2.75, 3.05) is 24.6 Å². The van der Waals surface area contributed by atoms with Gasteiger partial charge in [0.25, 0.3) is 0 Å². The largest absolute Gasteiger partial charge is 0.376 e. The van der Waals surface area contributed by atoms with Gasteiger partial charge in [0.05, 0.1) is 23.7 Å². The molecule has 1 aliphatic heterocycles. The maximum Gasteiger partial charge on any atom is 0.0750 e. The number of nitrogens with zero attached hydrogens (tertiary/aromatic N) is 2. The van der Waals surface area contributed by atoms with Crippen LogP contribution in [0.25, 0.3) is 0 Å². The molecule has 112 valence electrons. The topological polar surface area (TPSA) is 51.4 Å². The van der Waals surface area contributed by atoms with Crippen LogP contribution < -0.4 is 10.6 Å². The maximum atomic E-state index is 6.00. The Balaban J connectivity index is 1.96. The summed E-state index contributed by atoms with van der Waals surface area (Å²) in [6.07, 6.45) is 6.67. The molecule has 1 aliphatic rings. The molecule has 2 rings (SSSR count). The first-order valence-corrected chi connectivity index (χ1v) is 7.82. The Bertz CT molecular complexity index is 393. The summed E-state index contributed by atoms with van der Waals surface area (Å²) in [5.74, 6) is 0. The van der Waals surface area contributed by atoms with Gasteiger partial charge in [-0.3, -0.25) is 4.98 Å². The Kier molecular flexibility index (Phi) is 5.80. The van der Waals surface area contributed by atoms with Crippen molar-refractivity contribution in [3.05, 3.63) is 24.0 Å². The van der Waals surface area contributed by atoms with Crippen LogP contribution in [0.1, 0.15) is 51.3 Å². The summed E-state index contributed by atoms with van der Waals surface area (Å²) in [7, 11) is 0. The molecule has 20 heavy (non-hydrogen) atoms. The van der Waals surface area contributed by atoms with Gasteiger partial charge in [0.1, 0.15) is 0 Å². The van der Waals surface area contributed by atoms with E-state index in [9.17, 15) is 0 Å². The van der Waals surface area contributed by atoms with Gasteiger partial charge in [-0.2, -0.15) is 0 Å². The normalized spacial score (nSPS) is 20.9. The first-order valence-electron chi connectivity index (χ1n) is 7.82. The van der Waals surface area contributed by atoms with Crippen LogP contribution in [0, 0.1) is 0 Å². The lowest BCUT2D eigenvalue weighted by atomic mass is 10.1. The Labute approximate surface area is 122 Å². The fourth-order valence-corrected chi connectivity index (χ4v) is 2.61. The quantitative estimate of drug-likeness (QED) is 0.868. The Morgan fingerprint density at radius 1 is 1.45 bits per heavy atom. The molecule has 0 radical (unpaired) electrons. The zero-order chi connectivity index (χ0) is 14.4. The standard InChI is InChI=1S/C16H27N3O/c1-3-10-20-14-6-5-9-19(12-14)13-7-8-16(18-11-13)15(17)4-2/h7-8,11,14-15H,3-6,9-10,12,17H2,1-2H3/t14?,15-/m0/s1. The third-order valence-electron chi connectivity index (χ3n) is 3.89. The van der Waals surface area contributed by atoms with Crippen LogP contribution in [0.4, 0.5) is 5.69 Å². The predicted octanol–water partition coefficient (Wildman–Crippen LogP) is 2.89. The third-order valence-corrected chi connectivity index (χ3v) is 3.89. The van der Waals surface area contributed by atoms with Crippen molar-refractivity contribution in [2.24, 2.45) is 5.73 Å². The lowest BCUT2D eigenvalue weighted by Gasteiger charge is -2.34. The number of hydrogen-bond acceptors (Lipinski definition) is 4. The summed E-state index contributed by atoms with van der Waals surface area (Å²) >= 11 is 0. The van der Waals surface area contributed by atoms with Crippen molar-refractivity contribution in [1.82, 2.24) is 4.98 Å². The summed E-state index contributed by atoms with van der Waals surface area (Å²) in [6, 6.07) is 4.24. The number of anilines is 1. The van der Waals surface area contributed by atoms with E-state index in [4.69, 9.17) is 10.5 Å². The highest BCUT2D eigenvalue weighted by Gasteiger charge is 2.20. The van der Waals surface area contributed by atoms with Crippen LogP contribution in [0.2, 0.25) is 0 Å². The Morgan fingerprint density at radius 3 is 2.95 bits per heavy atom. The lowest BCUT2D eigenvalue weighted by Crippen LogP contribution is -2.39. The molecule has 0 aliphatic carbocycles. The van der Waals surface area contributed by atoms with Gasteiger partial charge in [-0.25, -0.2) is 0 Å². The molecule has 0 amide bonds. The SMILES string of the molecule is CCCOC1CCCN(c2ccc([C@@H](N)CC)nc2)C1. The van der Waals surface area contributed by atoms with Gasteiger partial charge in [0.2, 0.25) is 0 Å². The van der Waals surface area contributed by atoms with Crippen molar-refractivity contribution in [3.63, 3.8) is 0 Å².